The van der Waals surface area contributed by atoms with Crippen LogP contribution in [0.25, 0.3) is 17.0 Å². The van der Waals surface area contributed by atoms with Crippen molar-refractivity contribution in [2.75, 3.05) is 0 Å². The molecule has 8 heteroatoms. The second kappa shape index (κ2) is 11.0. The maximum absolute atomic E-state index is 12.4. The standard InChI is InChI=1S/C24H21N3O4S.C2H6/c1-24(2,3)31-23(29)27-22-26-21(28)20(32-22)14-15-9-10-18-17(13-15)19(11-12-25-18)30-16-7-5-4-6-8-16;1-2/h4-14H,1-3H3,(H,26,27,28,29);1-2H3/b20-14-;. The van der Waals surface area contributed by atoms with Crippen molar-refractivity contribution < 1.29 is 19.1 Å². The van der Waals surface area contributed by atoms with Crippen molar-refractivity contribution in [2.45, 2.75) is 40.2 Å². The number of ether oxygens (including phenoxy) is 2. The number of thioether (sulfide) groups is 1. The van der Waals surface area contributed by atoms with E-state index in [1.807, 2.05) is 62.4 Å². The molecule has 4 rings (SSSR count). The van der Waals surface area contributed by atoms with Crippen molar-refractivity contribution >= 4 is 45.9 Å². The van der Waals surface area contributed by atoms with Crippen molar-refractivity contribution in [3.05, 3.63) is 71.3 Å². The monoisotopic (exact) mass is 477 g/mol. The van der Waals surface area contributed by atoms with Crippen LogP contribution in [0.1, 0.15) is 40.2 Å². The predicted molar refractivity (Wildman–Crippen MR) is 137 cm³/mol. The van der Waals surface area contributed by atoms with Crippen molar-refractivity contribution in [2.24, 2.45) is 4.99 Å². The Labute approximate surface area is 203 Å². The summed E-state index contributed by atoms with van der Waals surface area (Å²) >= 11 is 1.08. The molecular weight excluding hydrogens is 450 g/mol. The van der Waals surface area contributed by atoms with Crippen LogP contribution in [-0.2, 0) is 9.53 Å². The number of aliphatic imine (C=N–C) groups is 1. The number of hydrogen-bond acceptors (Lipinski definition) is 6. The minimum atomic E-state index is -0.749. The van der Waals surface area contributed by atoms with Crippen LogP contribution in [0.3, 0.4) is 0 Å². The fraction of sp³-hybridized carbons (Fsp3) is 0.231. The quantitative estimate of drug-likeness (QED) is 0.430. The van der Waals surface area contributed by atoms with Crippen LogP contribution in [0.5, 0.6) is 11.5 Å². The van der Waals surface area contributed by atoms with Crippen LogP contribution in [0, 0.1) is 0 Å². The average Bonchev–Trinajstić information content (AvgIpc) is 3.13. The molecule has 1 saturated heterocycles. The third kappa shape index (κ3) is 6.68. The lowest BCUT2D eigenvalue weighted by Gasteiger charge is -2.17. The van der Waals surface area contributed by atoms with Gasteiger partial charge in [-0.3, -0.25) is 9.78 Å². The Hall–Kier alpha value is -3.65. The van der Waals surface area contributed by atoms with Gasteiger partial charge in [0.25, 0.3) is 5.91 Å². The Balaban J connectivity index is 0.00000158. The third-order valence-electron chi connectivity index (χ3n) is 4.23. The normalized spacial score (nSPS) is 15.6. The largest absolute Gasteiger partial charge is 0.457 e. The van der Waals surface area contributed by atoms with E-state index in [1.54, 1.807) is 39.1 Å². The highest BCUT2D eigenvalue weighted by Gasteiger charge is 2.26. The number of nitrogens with zero attached hydrogens (tertiary/aromatic N) is 2. The molecule has 0 bridgehead atoms. The predicted octanol–water partition coefficient (Wildman–Crippen LogP) is 6.55. The molecule has 0 saturated carbocycles. The van der Waals surface area contributed by atoms with Crippen molar-refractivity contribution in [1.29, 1.82) is 0 Å². The molecule has 1 aliphatic rings. The number of amidine groups is 1. The van der Waals surface area contributed by atoms with E-state index in [9.17, 15) is 9.59 Å². The van der Waals surface area contributed by atoms with Crippen molar-refractivity contribution in [3.8, 4) is 11.5 Å². The number of para-hydroxylation sites is 1. The number of aromatic nitrogens is 1. The van der Waals surface area contributed by atoms with Crippen LogP contribution in [0.2, 0.25) is 0 Å². The molecule has 0 aliphatic carbocycles. The lowest BCUT2D eigenvalue weighted by Crippen LogP contribution is -2.25. The summed E-state index contributed by atoms with van der Waals surface area (Å²) in [5, 5.41) is 3.59. The average molecular weight is 478 g/mol. The lowest BCUT2D eigenvalue weighted by atomic mass is 10.1. The van der Waals surface area contributed by atoms with Gasteiger partial charge in [0.05, 0.1) is 10.4 Å². The molecule has 2 aromatic carbocycles. The Kier molecular flexibility index (Phi) is 8.07. The number of fused-ring (bicyclic) bond motifs is 1. The van der Waals surface area contributed by atoms with E-state index in [0.29, 0.717) is 10.7 Å². The van der Waals surface area contributed by atoms with E-state index in [0.717, 1.165) is 34.0 Å². The molecule has 0 atom stereocenters. The van der Waals surface area contributed by atoms with Gasteiger partial charge < -0.3 is 14.8 Å². The molecule has 1 N–H and O–H groups in total. The molecule has 3 aromatic rings. The number of amides is 2. The first-order valence-electron chi connectivity index (χ1n) is 10.9. The molecule has 2 amide bonds. The van der Waals surface area contributed by atoms with Gasteiger partial charge in [-0.1, -0.05) is 38.1 Å². The van der Waals surface area contributed by atoms with Gasteiger partial charge >= 0.3 is 6.09 Å². The summed E-state index contributed by atoms with van der Waals surface area (Å²) in [5.41, 5.74) is 0.905. The molecule has 0 unspecified atom stereocenters. The highest BCUT2D eigenvalue weighted by atomic mass is 32.2. The fourth-order valence-corrected chi connectivity index (χ4v) is 3.74. The zero-order valence-electron chi connectivity index (χ0n) is 19.8. The fourth-order valence-electron chi connectivity index (χ4n) is 2.93. The smallest absolute Gasteiger partial charge is 0.436 e. The van der Waals surface area contributed by atoms with Crippen LogP contribution in [0.4, 0.5) is 4.79 Å². The number of nitrogens with one attached hydrogen (secondary N) is 1. The van der Waals surface area contributed by atoms with Crippen LogP contribution >= 0.6 is 11.8 Å². The van der Waals surface area contributed by atoms with E-state index >= 15 is 0 Å². The van der Waals surface area contributed by atoms with E-state index in [2.05, 4.69) is 15.3 Å². The summed E-state index contributed by atoms with van der Waals surface area (Å²) < 4.78 is 11.2. The van der Waals surface area contributed by atoms with Crippen molar-refractivity contribution in [3.63, 3.8) is 0 Å². The van der Waals surface area contributed by atoms with E-state index in [-0.39, 0.29) is 11.1 Å². The first-order valence-corrected chi connectivity index (χ1v) is 11.7. The summed E-state index contributed by atoms with van der Waals surface area (Å²) in [6, 6.07) is 16.9. The van der Waals surface area contributed by atoms with Gasteiger partial charge in [-0.25, -0.2) is 4.79 Å². The molecule has 34 heavy (non-hydrogen) atoms. The maximum atomic E-state index is 12.4. The molecule has 7 nitrogen and oxygen atoms in total. The summed E-state index contributed by atoms with van der Waals surface area (Å²) in [4.78, 5) is 32.9. The number of carbonyl (C=O) groups excluding carboxylic acids is 2. The zero-order chi connectivity index (χ0) is 24.7. The van der Waals surface area contributed by atoms with E-state index in [1.165, 1.54) is 0 Å². The SMILES string of the molecule is CC.CC(C)(C)OC(=O)/N=C1/NC(=O)/C(=C/c2ccc3nccc(Oc4ccccc4)c3c2)S1. The molecule has 0 radical (unpaired) electrons. The topological polar surface area (TPSA) is 89.9 Å². The summed E-state index contributed by atoms with van der Waals surface area (Å²) in [7, 11) is 0. The number of carbonyl (C=O) groups is 2. The van der Waals surface area contributed by atoms with Crippen LogP contribution in [0.15, 0.2) is 70.7 Å². The lowest BCUT2D eigenvalue weighted by molar-refractivity contribution is -0.115. The summed E-state index contributed by atoms with van der Waals surface area (Å²) in [6.45, 7) is 9.25. The van der Waals surface area contributed by atoms with Gasteiger partial charge in [0.15, 0.2) is 5.17 Å². The first kappa shape index (κ1) is 25.0. The minimum Gasteiger partial charge on any atom is -0.457 e. The molecule has 0 spiro atoms. The van der Waals surface area contributed by atoms with Gasteiger partial charge in [0, 0.05) is 11.6 Å². The molecule has 1 aromatic heterocycles. The highest BCUT2D eigenvalue weighted by molar-refractivity contribution is 8.18. The second-order valence-corrected chi connectivity index (χ2v) is 8.99. The molecule has 1 fully saturated rings. The Bertz CT molecular complexity index is 1250. The summed E-state index contributed by atoms with van der Waals surface area (Å²) in [6.07, 6.45) is 2.68. The maximum Gasteiger partial charge on any atom is 0.436 e. The number of benzene rings is 2. The zero-order valence-corrected chi connectivity index (χ0v) is 20.6. The van der Waals surface area contributed by atoms with Gasteiger partial charge in [-0.15, -0.1) is 0 Å². The van der Waals surface area contributed by atoms with Gasteiger partial charge in [0.2, 0.25) is 0 Å². The van der Waals surface area contributed by atoms with Gasteiger partial charge in [0.1, 0.15) is 17.1 Å². The molecule has 1 aliphatic heterocycles. The molecule has 2 heterocycles. The Morgan fingerprint density at radius 1 is 1.09 bits per heavy atom. The van der Waals surface area contributed by atoms with E-state index in [4.69, 9.17) is 9.47 Å². The minimum absolute atomic E-state index is 0.186. The molecule has 176 valence electrons. The van der Waals surface area contributed by atoms with Gasteiger partial charge in [-0.05, 0) is 74.5 Å². The molecular formula is C26H27N3O4S. The Morgan fingerprint density at radius 2 is 1.82 bits per heavy atom. The van der Waals surface area contributed by atoms with Crippen LogP contribution < -0.4 is 10.1 Å². The summed E-state index contributed by atoms with van der Waals surface area (Å²) in [5.74, 6) is 1.05. The highest BCUT2D eigenvalue weighted by Crippen LogP contribution is 2.31. The van der Waals surface area contributed by atoms with E-state index < -0.39 is 11.7 Å². The Morgan fingerprint density at radius 3 is 2.53 bits per heavy atom. The van der Waals surface area contributed by atoms with Crippen molar-refractivity contribution in [1.82, 2.24) is 10.3 Å². The number of hydrogen-bond donors (Lipinski definition) is 1. The second-order valence-electron chi connectivity index (χ2n) is 7.96. The first-order chi connectivity index (χ1) is 16.3. The third-order valence-corrected chi connectivity index (χ3v) is 5.14. The van der Waals surface area contributed by atoms with Gasteiger partial charge in [-0.2, -0.15) is 4.99 Å². The van der Waals surface area contributed by atoms with Crippen LogP contribution in [-0.4, -0.2) is 27.8 Å². The number of rotatable bonds is 3. The number of pyridine rings is 1.